The number of esters is 1. The lowest BCUT2D eigenvalue weighted by molar-refractivity contribution is -0.148. The maximum Gasteiger partial charge on any atom is 0.335 e. The van der Waals surface area contributed by atoms with E-state index >= 15 is 0 Å². The number of carbonyl (C=O) groups is 1. The minimum absolute atomic E-state index is 0.160. The van der Waals surface area contributed by atoms with E-state index in [9.17, 15) is 4.79 Å². The molecule has 0 aromatic carbocycles. The molecule has 0 amide bonds. The van der Waals surface area contributed by atoms with E-state index in [0.717, 1.165) is 6.42 Å². The van der Waals surface area contributed by atoms with Crippen molar-refractivity contribution in [3.8, 4) is 0 Å². The highest BCUT2D eigenvalue weighted by Crippen LogP contribution is 2.30. The summed E-state index contributed by atoms with van der Waals surface area (Å²) in [5.74, 6) is -0.214. The Morgan fingerprint density at radius 2 is 2.33 bits per heavy atom. The summed E-state index contributed by atoms with van der Waals surface area (Å²) in [6.45, 7) is 7.09. The van der Waals surface area contributed by atoms with Crippen LogP contribution in [0.3, 0.4) is 0 Å². The third-order valence-electron chi connectivity index (χ3n) is 2.00. The van der Waals surface area contributed by atoms with Crippen LogP contribution in [0.1, 0.15) is 27.2 Å². The molecule has 0 aromatic rings. The monoisotopic (exact) mass is 172 g/mol. The van der Waals surface area contributed by atoms with Crippen molar-refractivity contribution in [1.29, 1.82) is 0 Å². The SMILES string of the molecule is CCCO[C@@H]1C(=O)OCC1(C)C. The predicted octanol–water partition coefficient (Wildman–Crippen LogP) is 1.36. The normalized spacial score (nSPS) is 27.2. The van der Waals surface area contributed by atoms with Gasteiger partial charge in [0.15, 0.2) is 6.10 Å². The molecule has 0 saturated carbocycles. The fourth-order valence-electron chi connectivity index (χ4n) is 1.26. The molecular weight excluding hydrogens is 156 g/mol. The van der Waals surface area contributed by atoms with Crippen molar-refractivity contribution in [2.45, 2.75) is 33.3 Å². The van der Waals surface area contributed by atoms with Gasteiger partial charge in [-0.2, -0.15) is 0 Å². The maximum atomic E-state index is 11.1. The minimum Gasteiger partial charge on any atom is -0.463 e. The van der Waals surface area contributed by atoms with Crippen LogP contribution in [0.2, 0.25) is 0 Å². The first-order chi connectivity index (χ1) is 5.58. The lowest BCUT2D eigenvalue weighted by Gasteiger charge is -2.21. The Balaban J connectivity index is 2.53. The number of rotatable bonds is 3. The molecule has 3 nitrogen and oxygen atoms in total. The summed E-state index contributed by atoms with van der Waals surface area (Å²) < 4.78 is 10.3. The van der Waals surface area contributed by atoms with Crippen LogP contribution in [0.4, 0.5) is 0 Å². The second-order valence-corrected chi connectivity index (χ2v) is 3.85. The van der Waals surface area contributed by atoms with Crippen molar-refractivity contribution in [3.05, 3.63) is 0 Å². The van der Waals surface area contributed by atoms with E-state index in [-0.39, 0.29) is 17.5 Å². The molecule has 1 heterocycles. The number of cyclic esters (lactones) is 1. The topological polar surface area (TPSA) is 35.5 Å². The van der Waals surface area contributed by atoms with E-state index in [4.69, 9.17) is 9.47 Å². The molecule has 0 aromatic heterocycles. The molecule has 1 aliphatic rings. The molecule has 0 N–H and O–H groups in total. The first-order valence-corrected chi connectivity index (χ1v) is 4.36. The van der Waals surface area contributed by atoms with Gasteiger partial charge in [0.05, 0.1) is 6.61 Å². The molecule has 1 aliphatic heterocycles. The highest BCUT2D eigenvalue weighted by Gasteiger charge is 2.44. The van der Waals surface area contributed by atoms with Crippen molar-refractivity contribution < 1.29 is 14.3 Å². The van der Waals surface area contributed by atoms with Crippen molar-refractivity contribution in [2.75, 3.05) is 13.2 Å². The maximum absolute atomic E-state index is 11.1. The second kappa shape index (κ2) is 3.44. The summed E-state index contributed by atoms with van der Waals surface area (Å²) in [6, 6.07) is 0. The van der Waals surface area contributed by atoms with E-state index in [1.54, 1.807) is 0 Å². The van der Waals surface area contributed by atoms with Crippen LogP contribution >= 0.6 is 0 Å². The van der Waals surface area contributed by atoms with Gasteiger partial charge in [-0.3, -0.25) is 0 Å². The molecule has 3 heteroatoms. The Morgan fingerprint density at radius 3 is 2.75 bits per heavy atom. The number of ether oxygens (including phenoxy) is 2. The van der Waals surface area contributed by atoms with E-state index < -0.39 is 0 Å². The van der Waals surface area contributed by atoms with Crippen LogP contribution < -0.4 is 0 Å². The summed E-state index contributed by atoms with van der Waals surface area (Å²) in [6.07, 6.45) is 0.567. The van der Waals surface area contributed by atoms with Crippen molar-refractivity contribution in [1.82, 2.24) is 0 Å². The van der Waals surface area contributed by atoms with Gasteiger partial charge in [0.2, 0.25) is 0 Å². The van der Waals surface area contributed by atoms with Gasteiger partial charge in [-0.25, -0.2) is 4.79 Å². The third kappa shape index (κ3) is 1.78. The lowest BCUT2D eigenvalue weighted by atomic mass is 9.90. The highest BCUT2D eigenvalue weighted by molar-refractivity contribution is 5.77. The molecular formula is C9H16O3. The Morgan fingerprint density at radius 1 is 1.67 bits per heavy atom. The zero-order chi connectivity index (χ0) is 9.19. The van der Waals surface area contributed by atoms with Crippen LogP contribution in [0.5, 0.6) is 0 Å². The molecule has 1 saturated heterocycles. The van der Waals surface area contributed by atoms with Crippen LogP contribution in [0.15, 0.2) is 0 Å². The first kappa shape index (κ1) is 9.52. The molecule has 0 radical (unpaired) electrons. The Bertz CT molecular complexity index is 175. The van der Waals surface area contributed by atoms with Gasteiger partial charge in [0.25, 0.3) is 0 Å². The second-order valence-electron chi connectivity index (χ2n) is 3.85. The quantitative estimate of drug-likeness (QED) is 0.603. The molecule has 1 atom stereocenters. The van der Waals surface area contributed by atoms with Gasteiger partial charge in [0.1, 0.15) is 0 Å². The Labute approximate surface area is 73.0 Å². The average molecular weight is 172 g/mol. The van der Waals surface area contributed by atoms with Crippen LogP contribution in [-0.4, -0.2) is 25.3 Å². The Kier molecular flexibility index (Phi) is 2.73. The minimum atomic E-state index is -0.363. The predicted molar refractivity (Wildman–Crippen MR) is 44.8 cm³/mol. The lowest BCUT2D eigenvalue weighted by Crippen LogP contribution is -2.33. The fraction of sp³-hybridized carbons (Fsp3) is 0.889. The van der Waals surface area contributed by atoms with Crippen LogP contribution in [0, 0.1) is 5.41 Å². The van der Waals surface area contributed by atoms with Crippen LogP contribution in [-0.2, 0) is 14.3 Å². The van der Waals surface area contributed by atoms with Gasteiger partial charge < -0.3 is 9.47 Å². The molecule has 0 aliphatic carbocycles. The van der Waals surface area contributed by atoms with Gasteiger partial charge >= 0.3 is 5.97 Å². The highest BCUT2D eigenvalue weighted by atomic mass is 16.6. The van der Waals surface area contributed by atoms with Crippen molar-refractivity contribution in [2.24, 2.45) is 5.41 Å². The van der Waals surface area contributed by atoms with Crippen LogP contribution in [0.25, 0.3) is 0 Å². The van der Waals surface area contributed by atoms with Gasteiger partial charge in [-0.1, -0.05) is 20.8 Å². The zero-order valence-electron chi connectivity index (χ0n) is 7.92. The summed E-state index contributed by atoms with van der Waals surface area (Å²) in [4.78, 5) is 11.1. The fourth-order valence-corrected chi connectivity index (χ4v) is 1.26. The standard InChI is InChI=1S/C9H16O3/c1-4-5-11-7-8(10)12-6-9(7,2)3/h7H,4-6H2,1-3H3/t7-/m1/s1. The van der Waals surface area contributed by atoms with Gasteiger partial charge in [-0.15, -0.1) is 0 Å². The van der Waals surface area contributed by atoms with Gasteiger partial charge in [-0.05, 0) is 6.42 Å². The summed E-state index contributed by atoms with van der Waals surface area (Å²) in [5, 5.41) is 0. The summed E-state index contributed by atoms with van der Waals surface area (Å²) in [5.41, 5.74) is -0.160. The summed E-state index contributed by atoms with van der Waals surface area (Å²) in [7, 11) is 0. The average Bonchev–Trinajstić information content (AvgIpc) is 2.24. The van der Waals surface area contributed by atoms with E-state index in [0.29, 0.717) is 13.2 Å². The number of carbonyl (C=O) groups excluding carboxylic acids is 1. The molecule has 1 fully saturated rings. The zero-order valence-corrected chi connectivity index (χ0v) is 7.92. The molecule has 0 bridgehead atoms. The van der Waals surface area contributed by atoms with E-state index in [1.165, 1.54) is 0 Å². The smallest absolute Gasteiger partial charge is 0.335 e. The molecule has 70 valence electrons. The van der Waals surface area contributed by atoms with Crippen molar-refractivity contribution in [3.63, 3.8) is 0 Å². The number of hydrogen-bond donors (Lipinski definition) is 0. The van der Waals surface area contributed by atoms with E-state index in [1.807, 2.05) is 20.8 Å². The number of hydrogen-bond acceptors (Lipinski definition) is 3. The molecule has 0 spiro atoms. The first-order valence-electron chi connectivity index (χ1n) is 4.36. The Hall–Kier alpha value is -0.570. The third-order valence-corrected chi connectivity index (χ3v) is 2.00. The van der Waals surface area contributed by atoms with Crippen molar-refractivity contribution >= 4 is 5.97 Å². The molecule has 1 rings (SSSR count). The van der Waals surface area contributed by atoms with Gasteiger partial charge in [0, 0.05) is 12.0 Å². The van der Waals surface area contributed by atoms with E-state index in [2.05, 4.69) is 0 Å². The summed E-state index contributed by atoms with van der Waals surface area (Å²) >= 11 is 0. The molecule has 0 unspecified atom stereocenters. The largest absolute Gasteiger partial charge is 0.463 e. The molecule has 12 heavy (non-hydrogen) atoms.